The number of hydrogen-bond acceptors (Lipinski definition) is 7. The molecule has 0 unspecified atom stereocenters. The molecule has 7 heteroatoms. The van der Waals surface area contributed by atoms with Crippen LogP contribution in [-0.2, 0) is 0 Å². The van der Waals surface area contributed by atoms with Crippen LogP contribution < -0.4 is 16.0 Å². The van der Waals surface area contributed by atoms with Crippen LogP contribution in [-0.4, -0.2) is 59.6 Å². The van der Waals surface area contributed by atoms with E-state index in [1.165, 1.54) is 45.2 Å². The first-order valence-electron chi connectivity index (χ1n) is 8.95. The lowest BCUT2D eigenvalue weighted by atomic mass is 10.2. The first-order valence-corrected chi connectivity index (χ1v) is 8.95. The SMILES string of the molecule is CCCCCCNc1nc(NC)nc(NCCN2CCCC2)n1. The molecule has 3 N–H and O–H groups in total. The van der Waals surface area contributed by atoms with Crippen LogP contribution in [0.1, 0.15) is 45.4 Å². The van der Waals surface area contributed by atoms with Gasteiger partial charge in [0.05, 0.1) is 0 Å². The second kappa shape index (κ2) is 10.2. The molecule has 1 aliphatic rings. The highest BCUT2D eigenvalue weighted by Crippen LogP contribution is 2.10. The average molecular weight is 321 g/mol. The van der Waals surface area contributed by atoms with Crippen molar-refractivity contribution in [3.63, 3.8) is 0 Å². The van der Waals surface area contributed by atoms with Gasteiger partial charge in [0, 0.05) is 26.7 Å². The molecule has 0 atom stereocenters. The molecule has 0 spiro atoms. The molecule has 7 nitrogen and oxygen atoms in total. The molecule has 0 aliphatic carbocycles. The molecule has 0 amide bonds. The van der Waals surface area contributed by atoms with Gasteiger partial charge in [-0.05, 0) is 32.4 Å². The molecular formula is C16H31N7. The Balaban J connectivity index is 1.79. The molecule has 0 aromatic carbocycles. The predicted octanol–water partition coefficient (Wildman–Crippen LogP) is 2.41. The molecule has 23 heavy (non-hydrogen) atoms. The fourth-order valence-electron chi connectivity index (χ4n) is 2.73. The molecule has 0 saturated carbocycles. The van der Waals surface area contributed by atoms with E-state index in [2.05, 4.69) is 42.7 Å². The molecule has 2 rings (SSSR count). The van der Waals surface area contributed by atoms with Gasteiger partial charge in [-0.1, -0.05) is 26.2 Å². The van der Waals surface area contributed by atoms with E-state index in [9.17, 15) is 0 Å². The highest BCUT2D eigenvalue weighted by molar-refractivity contribution is 5.41. The van der Waals surface area contributed by atoms with Gasteiger partial charge in [-0.25, -0.2) is 0 Å². The lowest BCUT2D eigenvalue weighted by Gasteiger charge is -2.15. The Morgan fingerprint density at radius 3 is 2.17 bits per heavy atom. The highest BCUT2D eigenvalue weighted by Gasteiger charge is 2.11. The number of nitrogens with one attached hydrogen (secondary N) is 3. The zero-order chi connectivity index (χ0) is 16.3. The Morgan fingerprint density at radius 2 is 1.52 bits per heavy atom. The summed E-state index contributed by atoms with van der Waals surface area (Å²) in [7, 11) is 1.83. The third-order valence-electron chi connectivity index (χ3n) is 4.08. The summed E-state index contributed by atoms with van der Waals surface area (Å²) < 4.78 is 0. The van der Waals surface area contributed by atoms with E-state index in [0.29, 0.717) is 17.8 Å². The van der Waals surface area contributed by atoms with Crippen molar-refractivity contribution in [1.29, 1.82) is 0 Å². The second-order valence-corrected chi connectivity index (χ2v) is 6.02. The zero-order valence-corrected chi connectivity index (χ0v) is 14.6. The van der Waals surface area contributed by atoms with Gasteiger partial charge in [0.15, 0.2) is 0 Å². The van der Waals surface area contributed by atoms with Gasteiger partial charge in [0.1, 0.15) is 0 Å². The fraction of sp³-hybridized carbons (Fsp3) is 0.812. The van der Waals surface area contributed by atoms with Crippen LogP contribution in [0.3, 0.4) is 0 Å². The molecule has 2 heterocycles. The van der Waals surface area contributed by atoms with Crippen LogP contribution in [0.25, 0.3) is 0 Å². The van der Waals surface area contributed by atoms with E-state index < -0.39 is 0 Å². The Labute approximate surface area is 139 Å². The molecule has 0 radical (unpaired) electrons. The molecule has 1 aromatic rings. The predicted molar refractivity (Wildman–Crippen MR) is 96.2 cm³/mol. The van der Waals surface area contributed by atoms with Crippen molar-refractivity contribution < 1.29 is 0 Å². The van der Waals surface area contributed by atoms with E-state index in [-0.39, 0.29) is 0 Å². The molecule has 0 bridgehead atoms. The highest BCUT2D eigenvalue weighted by atomic mass is 15.3. The van der Waals surface area contributed by atoms with Gasteiger partial charge >= 0.3 is 0 Å². The number of hydrogen-bond donors (Lipinski definition) is 3. The van der Waals surface area contributed by atoms with Crippen LogP contribution in [0.5, 0.6) is 0 Å². The third kappa shape index (κ3) is 6.56. The van der Waals surface area contributed by atoms with Gasteiger partial charge in [-0.3, -0.25) is 0 Å². The van der Waals surface area contributed by atoms with Gasteiger partial charge < -0.3 is 20.9 Å². The van der Waals surface area contributed by atoms with E-state index in [4.69, 9.17) is 0 Å². The molecule has 130 valence electrons. The lowest BCUT2D eigenvalue weighted by molar-refractivity contribution is 0.352. The van der Waals surface area contributed by atoms with E-state index in [1.807, 2.05) is 7.05 Å². The molecular weight excluding hydrogens is 290 g/mol. The van der Waals surface area contributed by atoms with Gasteiger partial charge in [-0.15, -0.1) is 0 Å². The zero-order valence-electron chi connectivity index (χ0n) is 14.6. The summed E-state index contributed by atoms with van der Waals surface area (Å²) >= 11 is 0. The number of likely N-dealkylation sites (tertiary alicyclic amines) is 1. The first-order chi connectivity index (χ1) is 11.3. The van der Waals surface area contributed by atoms with Crippen molar-refractivity contribution in [2.45, 2.75) is 45.4 Å². The Bertz CT molecular complexity index is 446. The van der Waals surface area contributed by atoms with Crippen LogP contribution in [0.15, 0.2) is 0 Å². The number of unbranched alkanes of at least 4 members (excludes halogenated alkanes) is 3. The monoisotopic (exact) mass is 321 g/mol. The summed E-state index contributed by atoms with van der Waals surface area (Å²) in [5.74, 6) is 1.88. The Kier molecular flexibility index (Phi) is 7.86. The van der Waals surface area contributed by atoms with Gasteiger partial charge in [0.2, 0.25) is 17.8 Å². The first kappa shape index (κ1) is 17.7. The quantitative estimate of drug-likeness (QED) is 0.540. The summed E-state index contributed by atoms with van der Waals surface area (Å²) in [6.45, 7) is 7.46. The standard InChI is InChI=1S/C16H31N7/c1-3-4-5-6-9-18-15-20-14(17-2)21-16(22-15)19-10-13-23-11-7-8-12-23/h3-13H2,1-2H3,(H3,17,18,19,20,21,22). The number of rotatable bonds is 11. The number of aromatic nitrogens is 3. The van der Waals surface area contributed by atoms with Crippen molar-refractivity contribution in [3.8, 4) is 0 Å². The molecule has 1 fully saturated rings. The largest absolute Gasteiger partial charge is 0.357 e. The van der Waals surface area contributed by atoms with Crippen LogP contribution in [0.2, 0.25) is 0 Å². The minimum Gasteiger partial charge on any atom is -0.357 e. The van der Waals surface area contributed by atoms with Crippen LogP contribution in [0.4, 0.5) is 17.8 Å². The summed E-state index contributed by atoms with van der Waals surface area (Å²) in [6, 6.07) is 0. The summed E-state index contributed by atoms with van der Waals surface area (Å²) in [5, 5.41) is 9.61. The maximum absolute atomic E-state index is 4.46. The smallest absolute Gasteiger partial charge is 0.229 e. The summed E-state index contributed by atoms with van der Waals surface area (Å²) in [4.78, 5) is 15.7. The van der Waals surface area contributed by atoms with Crippen molar-refractivity contribution in [1.82, 2.24) is 19.9 Å². The Hall–Kier alpha value is -1.63. The van der Waals surface area contributed by atoms with E-state index >= 15 is 0 Å². The van der Waals surface area contributed by atoms with Crippen molar-refractivity contribution >= 4 is 17.8 Å². The Morgan fingerprint density at radius 1 is 0.870 bits per heavy atom. The maximum Gasteiger partial charge on any atom is 0.229 e. The average Bonchev–Trinajstić information content (AvgIpc) is 3.08. The minimum atomic E-state index is 0.597. The van der Waals surface area contributed by atoms with E-state index in [0.717, 1.165) is 26.1 Å². The van der Waals surface area contributed by atoms with Crippen molar-refractivity contribution in [3.05, 3.63) is 0 Å². The number of anilines is 3. The summed E-state index contributed by atoms with van der Waals surface area (Å²) in [6.07, 6.45) is 7.56. The summed E-state index contributed by atoms with van der Waals surface area (Å²) in [5.41, 5.74) is 0. The topological polar surface area (TPSA) is 78.0 Å². The van der Waals surface area contributed by atoms with Crippen molar-refractivity contribution in [2.24, 2.45) is 0 Å². The lowest BCUT2D eigenvalue weighted by Crippen LogP contribution is -2.26. The van der Waals surface area contributed by atoms with Gasteiger partial charge in [-0.2, -0.15) is 15.0 Å². The van der Waals surface area contributed by atoms with Crippen LogP contribution in [0, 0.1) is 0 Å². The molecule has 1 aliphatic heterocycles. The molecule has 1 saturated heterocycles. The van der Waals surface area contributed by atoms with Crippen LogP contribution >= 0.6 is 0 Å². The fourth-order valence-corrected chi connectivity index (χ4v) is 2.73. The third-order valence-corrected chi connectivity index (χ3v) is 4.08. The van der Waals surface area contributed by atoms with Crippen molar-refractivity contribution in [2.75, 3.05) is 55.7 Å². The normalized spacial score (nSPS) is 14.9. The van der Waals surface area contributed by atoms with Gasteiger partial charge in [0.25, 0.3) is 0 Å². The minimum absolute atomic E-state index is 0.597. The van der Waals surface area contributed by atoms with E-state index in [1.54, 1.807) is 0 Å². The second-order valence-electron chi connectivity index (χ2n) is 6.02. The molecule has 1 aromatic heterocycles. The number of nitrogens with zero attached hydrogens (tertiary/aromatic N) is 4. The maximum atomic E-state index is 4.46.